The van der Waals surface area contributed by atoms with E-state index >= 15 is 0 Å². The lowest BCUT2D eigenvalue weighted by atomic mass is 9.88. The summed E-state index contributed by atoms with van der Waals surface area (Å²) in [7, 11) is 3.21. The van der Waals surface area contributed by atoms with Gasteiger partial charge in [-0.2, -0.15) is 0 Å². The number of ether oxygens (including phenoxy) is 2. The van der Waals surface area contributed by atoms with E-state index in [9.17, 15) is 4.79 Å². The number of methoxy groups -OCH3 is 2. The van der Waals surface area contributed by atoms with Gasteiger partial charge >= 0.3 is 0 Å². The van der Waals surface area contributed by atoms with Crippen LogP contribution in [0, 0.1) is 5.92 Å². The normalized spacial score (nSPS) is 16.2. The van der Waals surface area contributed by atoms with E-state index in [1.54, 1.807) is 25.6 Å². The molecule has 0 radical (unpaired) electrons. The maximum absolute atomic E-state index is 12.1. The molecular formula is C19H21N3O3S2. The Morgan fingerprint density at radius 3 is 2.70 bits per heavy atom. The van der Waals surface area contributed by atoms with Gasteiger partial charge in [-0.15, -0.1) is 11.3 Å². The van der Waals surface area contributed by atoms with E-state index in [1.165, 1.54) is 16.2 Å². The number of nitrogens with zero attached hydrogens (tertiary/aromatic N) is 1. The molecule has 1 aromatic carbocycles. The van der Waals surface area contributed by atoms with Crippen molar-refractivity contribution in [1.29, 1.82) is 0 Å². The predicted octanol–water partition coefficient (Wildman–Crippen LogP) is 4.34. The van der Waals surface area contributed by atoms with Crippen LogP contribution in [0.1, 0.15) is 34.1 Å². The molecule has 3 aromatic rings. The van der Waals surface area contributed by atoms with E-state index in [4.69, 9.17) is 15.2 Å². The summed E-state index contributed by atoms with van der Waals surface area (Å²) in [6, 6.07) is 3.76. The molecule has 27 heavy (non-hydrogen) atoms. The summed E-state index contributed by atoms with van der Waals surface area (Å²) in [5.74, 6) is 1.56. The average molecular weight is 404 g/mol. The molecule has 0 saturated heterocycles. The molecule has 3 N–H and O–H groups in total. The maximum atomic E-state index is 12.1. The third-order valence-corrected chi connectivity index (χ3v) is 6.98. The Balaban J connectivity index is 1.73. The van der Waals surface area contributed by atoms with Crippen molar-refractivity contribution in [2.75, 3.05) is 19.5 Å². The summed E-state index contributed by atoms with van der Waals surface area (Å²) in [6.07, 6.45) is 2.99. The minimum Gasteiger partial charge on any atom is -0.493 e. The Bertz CT molecular complexity index is 984. The van der Waals surface area contributed by atoms with Gasteiger partial charge in [-0.05, 0) is 30.7 Å². The zero-order chi connectivity index (χ0) is 19.1. The zero-order valence-corrected chi connectivity index (χ0v) is 17.1. The second kappa shape index (κ2) is 7.01. The Hall–Kier alpha value is -2.32. The number of nitrogens with two attached hydrogens (primary N) is 1. The van der Waals surface area contributed by atoms with Gasteiger partial charge in [0.2, 0.25) is 0 Å². The number of thiophene rings is 1. The quantitative estimate of drug-likeness (QED) is 0.662. The Morgan fingerprint density at radius 2 is 2.00 bits per heavy atom. The fourth-order valence-corrected chi connectivity index (χ4v) is 5.87. The van der Waals surface area contributed by atoms with Crippen LogP contribution in [0.3, 0.4) is 0 Å². The predicted molar refractivity (Wildman–Crippen MR) is 110 cm³/mol. The van der Waals surface area contributed by atoms with Crippen molar-refractivity contribution in [3.8, 4) is 11.5 Å². The smallest absolute Gasteiger partial charge is 0.251 e. The number of carbonyl (C=O) groups excluding carboxylic acids is 1. The van der Waals surface area contributed by atoms with Gasteiger partial charge in [-0.3, -0.25) is 4.79 Å². The van der Waals surface area contributed by atoms with Gasteiger partial charge in [0, 0.05) is 17.0 Å². The number of amides is 1. The van der Waals surface area contributed by atoms with Crippen molar-refractivity contribution in [2.45, 2.75) is 26.2 Å². The van der Waals surface area contributed by atoms with Gasteiger partial charge < -0.3 is 20.5 Å². The van der Waals surface area contributed by atoms with E-state index < -0.39 is 0 Å². The minimum atomic E-state index is -0.381. The van der Waals surface area contributed by atoms with E-state index in [-0.39, 0.29) is 5.91 Å². The highest BCUT2D eigenvalue weighted by Gasteiger charge is 2.27. The summed E-state index contributed by atoms with van der Waals surface area (Å²) in [6.45, 7) is 2.24. The van der Waals surface area contributed by atoms with Gasteiger partial charge in [0.05, 0.1) is 30.0 Å². The molecule has 1 atom stereocenters. The summed E-state index contributed by atoms with van der Waals surface area (Å²) in [5.41, 5.74) is 8.25. The molecule has 0 bridgehead atoms. The molecule has 142 valence electrons. The third kappa shape index (κ3) is 3.23. The molecule has 2 heterocycles. The fraction of sp³-hybridized carbons (Fsp3) is 0.368. The summed E-state index contributed by atoms with van der Waals surface area (Å²) < 4.78 is 11.7. The highest BCUT2D eigenvalue weighted by atomic mass is 32.1. The highest BCUT2D eigenvalue weighted by molar-refractivity contribution is 7.23. The largest absolute Gasteiger partial charge is 0.493 e. The topological polar surface area (TPSA) is 86.5 Å². The zero-order valence-electron chi connectivity index (χ0n) is 15.4. The molecule has 0 saturated carbocycles. The van der Waals surface area contributed by atoms with Crippen molar-refractivity contribution in [3.63, 3.8) is 0 Å². The number of fused-ring (bicyclic) bond motifs is 2. The summed E-state index contributed by atoms with van der Waals surface area (Å²) in [5, 5.41) is 4.84. The molecule has 0 aliphatic heterocycles. The standard InChI is InChI=1S/C19H21N3O3S2/c1-9-4-5-10-14(6-9)26-18(16(10)17(20)23)22-19-21-11-7-12(24-2)13(25-3)8-15(11)27-19/h7-9H,4-6H2,1-3H3,(H2,20,23)(H,21,22)/t9-/m0/s1. The molecule has 8 heteroatoms. The number of anilines is 2. The van der Waals surface area contributed by atoms with E-state index in [1.807, 2.05) is 12.1 Å². The van der Waals surface area contributed by atoms with Crippen molar-refractivity contribution in [3.05, 3.63) is 28.1 Å². The lowest BCUT2D eigenvalue weighted by molar-refractivity contribution is 0.1000. The first kappa shape index (κ1) is 18.1. The van der Waals surface area contributed by atoms with Crippen LogP contribution in [0.15, 0.2) is 12.1 Å². The lowest BCUT2D eigenvalue weighted by Crippen LogP contribution is -2.17. The van der Waals surface area contributed by atoms with Crippen molar-refractivity contribution in [1.82, 2.24) is 4.98 Å². The van der Waals surface area contributed by atoms with Gasteiger partial charge in [0.1, 0.15) is 5.00 Å². The van der Waals surface area contributed by atoms with E-state index in [0.29, 0.717) is 23.0 Å². The first-order chi connectivity index (χ1) is 13.0. The number of thiazole rings is 1. The SMILES string of the molecule is COc1cc2nc(Nc3sc4c(c3C(N)=O)CC[C@H](C)C4)sc2cc1OC. The first-order valence-corrected chi connectivity index (χ1v) is 10.4. The number of primary amides is 1. The van der Waals surface area contributed by atoms with Crippen molar-refractivity contribution >= 4 is 48.9 Å². The summed E-state index contributed by atoms with van der Waals surface area (Å²) in [4.78, 5) is 18.0. The average Bonchev–Trinajstić information content (AvgIpc) is 3.19. The molecule has 1 aliphatic rings. The molecule has 2 aromatic heterocycles. The number of nitrogens with one attached hydrogen (secondary N) is 1. The van der Waals surface area contributed by atoms with Gasteiger partial charge in [0.15, 0.2) is 16.6 Å². The van der Waals surface area contributed by atoms with Crippen LogP contribution in [0.25, 0.3) is 10.2 Å². The second-order valence-corrected chi connectivity index (χ2v) is 8.87. The van der Waals surface area contributed by atoms with E-state index in [2.05, 4.69) is 17.2 Å². The van der Waals surface area contributed by atoms with Crippen LogP contribution in [0.4, 0.5) is 10.1 Å². The van der Waals surface area contributed by atoms with Gasteiger partial charge in [0.25, 0.3) is 5.91 Å². The molecule has 4 rings (SSSR count). The highest BCUT2D eigenvalue weighted by Crippen LogP contribution is 2.42. The molecule has 1 aliphatic carbocycles. The Morgan fingerprint density at radius 1 is 1.26 bits per heavy atom. The van der Waals surface area contributed by atoms with Gasteiger partial charge in [-0.25, -0.2) is 4.98 Å². The molecule has 1 amide bonds. The molecule has 6 nitrogen and oxygen atoms in total. The van der Waals surface area contributed by atoms with E-state index in [0.717, 1.165) is 45.2 Å². The summed E-state index contributed by atoms with van der Waals surface area (Å²) >= 11 is 3.12. The number of rotatable bonds is 5. The number of carbonyl (C=O) groups is 1. The number of hydrogen-bond acceptors (Lipinski definition) is 7. The molecule has 0 fully saturated rings. The van der Waals surface area contributed by atoms with Crippen LogP contribution in [-0.2, 0) is 12.8 Å². The fourth-order valence-electron chi connectivity index (χ4n) is 3.51. The number of hydrogen-bond donors (Lipinski definition) is 2. The second-order valence-electron chi connectivity index (χ2n) is 6.74. The van der Waals surface area contributed by atoms with Crippen LogP contribution in [-0.4, -0.2) is 25.1 Å². The van der Waals surface area contributed by atoms with Crippen LogP contribution in [0.2, 0.25) is 0 Å². The van der Waals surface area contributed by atoms with Crippen molar-refractivity contribution < 1.29 is 14.3 Å². The number of benzene rings is 1. The minimum absolute atomic E-state index is 0.381. The van der Waals surface area contributed by atoms with Crippen LogP contribution >= 0.6 is 22.7 Å². The van der Waals surface area contributed by atoms with Crippen LogP contribution < -0.4 is 20.5 Å². The molecular weight excluding hydrogens is 382 g/mol. The van der Waals surface area contributed by atoms with Gasteiger partial charge in [-0.1, -0.05) is 18.3 Å². The first-order valence-electron chi connectivity index (χ1n) is 8.74. The Kier molecular flexibility index (Phi) is 4.69. The van der Waals surface area contributed by atoms with Crippen LogP contribution in [0.5, 0.6) is 11.5 Å². The molecule has 0 unspecified atom stereocenters. The molecule has 0 spiro atoms. The monoisotopic (exact) mass is 403 g/mol. The van der Waals surface area contributed by atoms with Crippen molar-refractivity contribution in [2.24, 2.45) is 11.7 Å². The third-order valence-electron chi connectivity index (χ3n) is 4.87. The lowest BCUT2D eigenvalue weighted by Gasteiger charge is -2.18. The Labute approximate surface area is 165 Å². The maximum Gasteiger partial charge on any atom is 0.251 e. The number of aromatic nitrogens is 1.